The Kier molecular flexibility index (Phi) is 4.37. The summed E-state index contributed by atoms with van der Waals surface area (Å²) in [6.07, 6.45) is 2.12. The average Bonchev–Trinajstić information content (AvgIpc) is 2.79. The van der Waals surface area contributed by atoms with Crippen LogP contribution in [0.4, 0.5) is 5.69 Å². The van der Waals surface area contributed by atoms with Crippen molar-refractivity contribution in [3.8, 4) is 0 Å². The molecule has 2 rings (SSSR count). The molecule has 4 nitrogen and oxygen atoms in total. The zero-order valence-corrected chi connectivity index (χ0v) is 12.3. The van der Waals surface area contributed by atoms with Crippen LogP contribution in [0.5, 0.6) is 0 Å². The van der Waals surface area contributed by atoms with Gasteiger partial charge in [-0.3, -0.25) is 9.59 Å². The monoisotopic (exact) mass is 299 g/mol. The number of halogens is 1. The first kappa shape index (κ1) is 14.2. The lowest BCUT2D eigenvalue weighted by Crippen LogP contribution is -2.26. The molecule has 1 amide bonds. The van der Waals surface area contributed by atoms with Crippen LogP contribution in [0.3, 0.4) is 0 Å². The van der Waals surface area contributed by atoms with Crippen LogP contribution in [0.15, 0.2) is 23.1 Å². The highest BCUT2D eigenvalue weighted by Gasteiger charge is 2.36. The van der Waals surface area contributed by atoms with Crippen molar-refractivity contribution in [3.05, 3.63) is 23.2 Å². The lowest BCUT2D eigenvalue weighted by Gasteiger charge is -2.19. The van der Waals surface area contributed by atoms with Crippen LogP contribution in [0.25, 0.3) is 0 Å². The standard InChI is InChI=1S/C13H14ClNO3S/c1-18-13(17)8-5-12(16)15(7-8)10-6-9(14)3-4-11(10)19-2/h3-4,6,8H,5,7H2,1-2H3. The van der Waals surface area contributed by atoms with E-state index in [9.17, 15) is 9.59 Å². The molecule has 0 bridgehead atoms. The second-order valence-corrected chi connectivity index (χ2v) is 5.53. The van der Waals surface area contributed by atoms with E-state index in [4.69, 9.17) is 16.3 Å². The topological polar surface area (TPSA) is 46.6 Å². The third kappa shape index (κ3) is 2.87. The van der Waals surface area contributed by atoms with Crippen LogP contribution in [0.1, 0.15) is 6.42 Å². The lowest BCUT2D eigenvalue weighted by molar-refractivity contribution is -0.145. The molecule has 0 saturated carbocycles. The molecule has 1 aliphatic heterocycles. The number of thioether (sulfide) groups is 1. The van der Waals surface area contributed by atoms with Gasteiger partial charge >= 0.3 is 5.97 Å². The first-order valence-electron chi connectivity index (χ1n) is 5.78. The molecule has 0 spiro atoms. The molecular formula is C13H14ClNO3S. The molecule has 6 heteroatoms. The number of esters is 1. The Morgan fingerprint density at radius 1 is 1.53 bits per heavy atom. The van der Waals surface area contributed by atoms with E-state index in [2.05, 4.69) is 0 Å². The molecule has 1 atom stereocenters. The Balaban J connectivity index is 2.30. The number of amides is 1. The normalized spacial score (nSPS) is 18.8. The van der Waals surface area contributed by atoms with Gasteiger partial charge in [0.15, 0.2) is 0 Å². The van der Waals surface area contributed by atoms with E-state index < -0.39 is 5.92 Å². The van der Waals surface area contributed by atoms with Crippen molar-refractivity contribution in [2.24, 2.45) is 5.92 Å². The van der Waals surface area contributed by atoms with Gasteiger partial charge in [-0.25, -0.2) is 0 Å². The maximum atomic E-state index is 12.1. The second kappa shape index (κ2) is 5.84. The largest absolute Gasteiger partial charge is 0.469 e. The van der Waals surface area contributed by atoms with E-state index in [0.29, 0.717) is 11.6 Å². The van der Waals surface area contributed by atoms with Gasteiger partial charge in [0.05, 0.1) is 18.7 Å². The molecule has 0 N–H and O–H groups in total. The summed E-state index contributed by atoms with van der Waals surface area (Å²) < 4.78 is 4.70. The van der Waals surface area contributed by atoms with Gasteiger partial charge in [0.2, 0.25) is 5.91 Å². The van der Waals surface area contributed by atoms with Crippen molar-refractivity contribution >= 4 is 40.9 Å². The minimum Gasteiger partial charge on any atom is -0.469 e. The third-order valence-electron chi connectivity index (χ3n) is 3.09. The third-order valence-corrected chi connectivity index (χ3v) is 4.11. The van der Waals surface area contributed by atoms with Gasteiger partial charge in [-0.1, -0.05) is 11.6 Å². The highest BCUT2D eigenvalue weighted by Crippen LogP contribution is 2.35. The van der Waals surface area contributed by atoms with Crippen LogP contribution in [-0.4, -0.2) is 31.8 Å². The number of hydrogen-bond acceptors (Lipinski definition) is 4. The molecule has 19 heavy (non-hydrogen) atoms. The summed E-state index contributed by atoms with van der Waals surface area (Å²) in [6, 6.07) is 5.42. The molecular weight excluding hydrogens is 286 g/mol. The first-order chi connectivity index (χ1) is 9.06. The number of anilines is 1. The molecule has 1 heterocycles. The van der Waals surface area contributed by atoms with Gasteiger partial charge in [0.1, 0.15) is 0 Å². The van der Waals surface area contributed by atoms with Crippen LogP contribution >= 0.6 is 23.4 Å². The van der Waals surface area contributed by atoms with E-state index in [-0.39, 0.29) is 18.3 Å². The molecule has 1 fully saturated rings. The summed E-state index contributed by atoms with van der Waals surface area (Å²) in [5.74, 6) is -0.817. The van der Waals surface area contributed by atoms with Crippen LogP contribution in [-0.2, 0) is 14.3 Å². The maximum Gasteiger partial charge on any atom is 0.311 e. The highest BCUT2D eigenvalue weighted by molar-refractivity contribution is 7.98. The quantitative estimate of drug-likeness (QED) is 0.636. The number of ether oxygens (including phenoxy) is 1. The SMILES string of the molecule is COC(=O)C1CC(=O)N(c2cc(Cl)ccc2SC)C1. The van der Waals surface area contributed by atoms with Gasteiger partial charge < -0.3 is 9.64 Å². The zero-order valence-electron chi connectivity index (χ0n) is 10.7. The molecule has 1 aliphatic rings. The van der Waals surface area contributed by atoms with Crippen molar-refractivity contribution in [1.82, 2.24) is 0 Å². The van der Waals surface area contributed by atoms with Crippen molar-refractivity contribution in [1.29, 1.82) is 0 Å². The molecule has 102 valence electrons. The molecule has 0 radical (unpaired) electrons. The van der Waals surface area contributed by atoms with Crippen LogP contribution < -0.4 is 4.90 Å². The van der Waals surface area contributed by atoms with Crippen molar-refractivity contribution in [2.75, 3.05) is 24.8 Å². The Morgan fingerprint density at radius 2 is 2.26 bits per heavy atom. The van der Waals surface area contributed by atoms with Crippen LogP contribution in [0, 0.1) is 5.92 Å². The van der Waals surface area contributed by atoms with Gasteiger partial charge in [-0.05, 0) is 24.5 Å². The Hall–Kier alpha value is -1.20. The Bertz CT molecular complexity index is 521. The molecule has 0 aliphatic carbocycles. The van der Waals surface area contributed by atoms with Gasteiger partial charge in [-0.2, -0.15) is 0 Å². The molecule has 0 aromatic heterocycles. The van der Waals surface area contributed by atoms with Crippen LogP contribution in [0.2, 0.25) is 5.02 Å². The first-order valence-corrected chi connectivity index (χ1v) is 7.38. The van der Waals surface area contributed by atoms with Crippen molar-refractivity contribution in [3.63, 3.8) is 0 Å². The summed E-state index contributed by atoms with van der Waals surface area (Å²) in [4.78, 5) is 26.1. The summed E-state index contributed by atoms with van der Waals surface area (Å²) in [5, 5.41) is 0.571. The molecule has 1 saturated heterocycles. The zero-order chi connectivity index (χ0) is 14.0. The Labute approximate surface area is 121 Å². The fourth-order valence-corrected chi connectivity index (χ4v) is 2.89. The Morgan fingerprint density at radius 3 is 2.89 bits per heavy atom. The predicted octanol–water partition coefficient (Wildman–Crippen LogP) is 2.59. The summed E-state index contributed by atoms with van der Waals surface area (Å²) in [6.45, 7) is 0.347. The molecule has 1 aromatic rings. The van der Waals surface area contributed by atoms with E-state index in [1.807, 2.05) is 12.3 Å². The van der Waals surface area contributed by atoms with E-state index in [1.54, 1.807) is 17.0 Å². The number of methoxy groups -OCH3 is 1. The lowest BCUT2D eigenvalue weighted by atomic mass is 10.1. The summed E-state index contributed by atoms with van der Waals surface area (Å²) >= 11 is 7.53. The van der Waals surface area contributed by atoms with E-state index in [1.165, 1.54) is 18.9 Å². The minimum absolute atomic E-state index is 0.0760. The summed E-state index contributed by atoms with van der Waals surface area (Å²) in [7, 11) is 1.34. The van der Waals surface area contributed by atoms with Crippen molar-refractivity contribution < 1.29 is 14.3 Å². The van der Waals surface area contributed by atoms with Gasteiger partial charge in [0.25, 0.3) is 0 Å². The number of carbonyl (C=O) groups excluding carboxylic acids is 2. The highest BCUT2D eigenvalue weighted by atomic mass is 35.5. The predicted molar refractivity (Wildman–Crippen MR) is 75.7 cm³/mol. The molecule has 1 aromatic carbocycles. The van der Waals surface area contributed by atoms with Gasteiger partial charge in [-0.15, -0.1) is 11.8 Å². The average molecular weight is 300 g/mol. The summed E-state index contributed by atoms with van der Waals surface area (Å²) in [5.41, 5.74) is 0.761. The van der Waals surface area contributed by atoms with E-state index >= 15 is 0 Å². The number of nitrogens with zero attached hydrogens (tertiary/aromatic N) is 1. The number of hydrogen-bond donors (Lipinski definition) is 0. The van der Waals surface area contributed by atoms with Gasteiger partial charge in [0, 0.05) is 22.9 Å². The second-order valence-electron chi connectivity index (χ2n) is 4.24. The fraction of sp³-hybridized carbons (Fsp3) is 0.385. The van der Waals surface area contributed by atoms with Crippen molar-refractivity contribution in [2.45, 2.75) is 11.3 Å². The molecule has 1 unspecified atom stereocenters. The van der Waals surface area contributed by atoms with E-state index in [0.717, 1.165) is 10.6 Å². The number of benzene rings is 1. The smallest absolute Gasteiger partial charge is 0.311 e. The fourth-order valence-electron chi connectivity index (χ4n) is 2.14. The maximum absolute atomic E-state index is 12.1. The number of rotatable bonds is 3. The minimum atomic E-state index is -0.397. The number of carbonyl (C=O) groups is 2.